The number of rotatable bonds is 10. The average Bonchev–Trinajstić information content (AvgIpc) is 2.25. The molecule has 0 aromatic carbocycles. The second-order valence-electron chi connectivity index (χ2n) is 4.38. The van der Waals surface area contributed by atoms with Gasteiger partial charge >= 0.3 is 0 Å². The van der Waals surface area contributed by atoms with Crippen LogP contribution in [0.2, 0.25) is 0 Å². The number of hydrogen-bond donors (Lipinski definition) is 0. The van der Waals surface area contributed by atoms with Gasteiger partial charge in [-0.15, -0.1) is 0 Å². The van der Waals surface area contributed by atoms with Gasteiger partial charge in [0.25, 0.3) is 0 Å². The fourth-order valence-electron chi connectivity index (χ4n) is 2.10. The number of hydrogen-bond acceptors (Lipinski definition) is 0. The maximum atomic E-state index is 3.87. The van der Waals surface area contributed by atoms with Crippen LogP contribution in [-0.4, -0.2) is 30.7 Å². The summed E-state index contributed by atoms with van der Waals surface area (Å²) in [6.07, 6.45) is 9.48. The minimum atomic E-state index is 1.08. The molecule has 0 saturated carbocycles. The molecule has 0 aliphatic heterocycles. The first-order chi connectivity index (χ1) is 7.24. The van der Waals surface area contributed by atoms with E-state index < -0.39 is 0 Å². The average molecular weight is 210 g/mol. The van der Waals surface area contributed by atoms with E-state index in [1.54, 1.807) is 0 Å². The van der Waals surface area contributed by atoms with E-state index in [-0.39, 0.29) is 0 Å². The molecule has 0 heterocycles. The van der Waals surface area contributed by atoms with E-state index in [4.69, 9.17) is 0 Å². The normalized spacial score (nSPS) is 11.3. The van der Waals surface area contributed by atoms with Gasteiger partial charge in [-0.2, -0.15) is 0 Å². The highest BCUT2D eigenvalue weighted by Crippen LogP contribution is 2.11. The van der Waals surface area contributed by atoms with Gasteiger partial charge in [0.1, 0.15) is 0 Å². The third-order valence-corrected chi connectivity index (χ3v) is 3.19. The van der Waals surface area contributed by atoms with Crippen LogP contribution in [0.4, 0.5) is 0 Å². The zero-order chi connectivity index (χ0) is 11.6. The lowest BCUT2D eigenvalue weighted by Gasteiger charge is -2.36. The molecule has 0 rings (SSSR count). The molecule has 0 fully saturated rings. The topological polar surface area (TPSA) is 0 Å². The molecule has 88 valence electrons. The zero-order valence-electron chi connectivity index (χ0n) is 10.7. The van der Waals surface area contributed by atoms with Gasteiger partial charge in [-0.05, 0) is 31.9 Å². The van der Waals surface area contributed by atoms with Crippen LogP contribution in [0, 0.1) is 0 Å². The fourth-order valence-corrected chi connectivity index (χ4v) is 2.10. The smallest absolute Gasteiger partial charge is 0.0973 e. The lowest BCUT2D eigenvalue weighted by molar-refractivity contribution is -0.915. The van der Waals surface area contributed by atoms with E-state index in [9.17, 15) is 0 Å². The molecule has 0 bridgehead atoms. The lowest BCUT2D eigenvalue weighted by Crippen LogP contribution is -2.48. The second-order valence-corrected chi connectivity index (χ2v) is 4.38. The van der Waals surface area contributed by atoms with E-state index in [2.05, 4.69) is 27.0 Å². The van der Waals surface area contributed by atoms with Crippen LogP contribution in [-0.2, 0) is 0 Å². The van der Waals surface area contributed by atoms with Crippen LogP contribution < -0.4 is 0 Å². The molecule has 1 heteroatoms. The molecule has 0 saturated heterocycles. The molecule has 15 heavy (non-hydrogen) atoms. The molecule has 0 amide bonds. The Morgan fingerprint density at radius 2 is 1.53 bits per heavy atom. The van der Waals surface area contributed by atoms with Crippen molar-refractivity contribution in [2.24, 2.45) is 0 Å². The minimum absolute atomic E-state index is 1.08. The Bertz CT molecular complexity index is 162. The minimum Gasteiger partial charge on any atom is -0.317 e. The summed E-state index contributed by atoms with van der Waals surface area (Å²) >= 11 is 0. The van der Waals surface area contributed by atoms with Crippen molar-refractivity contribution in [3.05, 3.63) is 25.3 Å². The van der Waals surface area contributed by atoms with E-state index in [1.807, 2.05) is 12.2 Å². The van der Waals surface area contributed by atoms with Crippen LogP contribution in [0.5, 0.6) is 0 Å². The molecule has 0 spiro atoms. The van der Waals surface area contributed by atoms with Crippen LogP contribution in [0.3, 0.4) is 0 Å². The van der Waals surface area contributed by atoms with E-state index in [1.165, 1.54) is 38.8 Å². The first kappa shape index (κ1) is 14.4. The van der Waals surface area contributed by atoms with Crippen LogP contribution >= 0.6 is 0 Å². The Hall–Kier alpha value is -0.560. The summed E-state index contributed by atoms with van der Waals surface area (Å²) in [7, 11) is 0. The first-order valence-corrected chi connectivity index (χ1v) is 6.31. The lowest BCUT2D eigenvalue weighted by atomic mass is 10.1. The van der Waals surface area contributed by atoms with Crippen molar-refractivity contribution in [1.82, 2.24) is 0 Å². The van der Waals surface area contributed by atoms with Crippen molar-refractivity contribution >= 4 is 0 Å². The quantitative estimate of drug-likeness (QED) is 0.292. The van der Waals surface area contributed by atoms with Crippen LogP contribution in [0.15, 0.2) is 25.3 Å². The standard InChI is InChI=1S/C14H28N/c1-5-9-10-11-14-15(8-4,12-6-2)13-7-3/h6-7H,2-3,5,8-14H2,1,4H3/q+1. The molecular formula is C14H28N+. The largest absolute Gasteiger partial charge is 0.317 e. The Kier molecular flexibility index (Phi) is 8.40. The molecule has 0 aromatic heterocycles. The molecule has 0 unspecified atom stereocenters. The van der Waals surface area contributed by atoms with Gasteiger partial charge in [-0.25, -0.2) is 0 Å². The van der Waals surface area contributed by atoms with Gasteiger partial charge in [-0.1, -0.05) is 32.9 Å². The third-order valence-electron chi connectivity index (χ3n) is 3.19. The number of quaternary nitrogens is 1. The Morgan fingerprint density at radius 3 is 1.93 bits per heavy atom. The van der Waals surface area contributed by atoms with Crippen molar-refractivity contribution in [3.8, 4) is 0 Å². The molecule has 0 aliphatic rings. The molecule has 0 aromatic rings. The van der Waals surface area contributed by atoms with Crippen molar-refractivity contribution < 1.29 is 4.48 Å². The highest BCUT2D eigenvalue weighted by atomic mass is 15.3. The summed E-state index contributed by atoms with van der Waals surface area (Å²) < 4.78 is 1.14. The predicted octanol–water partition coefficient (Wildman–Crippen LogP) is 3.78. The van der Waals surface area contributed by atoms with Crippen molar-refractivity contribution in [2.45, 2.75) is 39.5 Å². The number of unbranched alkanes of at least 4 members (excludes halogenated alkanes) is 3. The monoisotopic (exact) mass is 210 g/mol. The number of nitrogens with zero attached hydrogens (tertiary/aromatic N) is 1. The Balaban J connectivity index is 4.07. The number of likely N-dealkylation sites (N-methyl/N-ethyl adjacent to an activating group) is 1. The third kappa shape index (κ3) is 5.78. The van der Waals surface area contributed by atoms with Gasteiger partial charge < -0.3 is 4.48 Å². The van der Waals surface area contributed by atoms with Gasteiger partial charge in [0.05, 0.1) is 26.2 Å². The van der Waals surface area contributed by atoms with Gasteiger partial charge in [0.15, 0.2) is 0 Å². The van der Waals surface area contributed by atoms with Crippen LogP contribution in [0.1, 0.15) is 39.5 Å². The summed E-state index contributed by atoms with van der Waals surface area (Å²) in [5, 5.41) is 0. The Labute approximate surface area is 96.1 Å². The summed E-state index contributed by atoms with van der Waals surface area (Å²) in [6.45, 7) is 16.9. The van der Waals surface area contributed by atoms with Crippen molar-refractivity contribution in [2.75, 3.05) is 26.2 Å². The second kappa shape index (κ2) is 8.72. The molecule has 0 radical (unpaired) electrons. The molecule has 0 atom stereocenters. The summed E-state index contributed by atoms with van der Waals surface area (Å²) in [4.78, 5) is 0. The van der Waals surface area contributed by atoms with Crippen molar-refractivity contribution in [1.29, 1.82) is 0 Å². The first-order valence-electron chi connectivity index (χ1n) is 6.31. The van der Waals surface area contributed by atoms with Gasteiger partial charge in [0, 0.05) is 0 Å². The molecule has 0 aliphatic carbocycles. The zero-order valence-corrected chi connectivity index (χ0v) is 10.7. The highest BCUT2D eigenvalue weighted by molar-refractivity contribution is 4.71. The fraction of sp³-hybridized carbons (Fsp3) is 0.714. The van der Waals surface area contributed by atoms with E-state index in [0.717, 1.165) is 17.6 Å². The maximum Gasteiger partial charge on any atom is 0.0973 e. The highest BCUT2D eigenvalue weighted by Gasteiger charge is 2.20. The van der Waals surface area contributed by atoms with E-state index in [0.29, 0.717) is 0 Å². The Morgan fingerprint density at radius 1 is 0.933 bits per heavy atom. The van der Waals surface area contributed by atoms with Gasteiger partial charge in [-0.3, -0.25) is 0 Å². The van der Waals surface area contributed by atoms with Crippen LogP contribution in [0.25, 0.3) is 0 Å². The predicted molar refractivity (Wildman–Crippen MR) is 69.9 cm³/mol. The molecular weight excluding hydrogens is 182 g/mol. The SMILES string of the molecule is C=CC[N+](CC)(CC=C)CCCCCC. The molecule has 0 N–H and O–H groups in total. The van der Waals surface area contributed by atoms with Gasteiger partial charge in [0.2, 0.25) is 0 Å². The summed E-state index contributed by atoms with van der Waals surface area (Å²) in [5.41, 5.74) is 0. The van der Waals surface area contributed by atoms with E-state index >= 15 is 0 Å². The summed E-state index contributed by atoms with van der Waals surface area (Å²) in [5.74, 6) is 0. The summed E-state index contributed by atoms with van der Waals surface area (Å²) in [6, 6.07) is 0. The maximum absolute atomic E-state index is 3.87. The molecule has 1 nitrogen and oxygen atoms in total. The van der Waals surface area contributed by atoms with Crippen molar-refractivity contribution in [3.63, 3.8) is 0 Å².